The van der Waals surface area contributed by atoms with Crippen molar-refractivity contribution in [3.63, 3.8) is 0 Å². The molecular formula is C10H16N2O4. The number of hydrogen-bond acceptors (Lipinski definition) is 3. The van der Waals surface area contributed by atoms with E-state index in [1.807, 2.05) is 0 Å². The molecule has 2 heterocycles. The fraction of sp³-hybridized carbons (Fsp3) is 0.800. The van der Waals surface area contributed by atoms with E-state index >= 15 is 0 Å². The van der Waals surface area contributed by atoms with Crippen molar-refractivity contribution in [1.29, 1.82) is 0 Å². The first-order valence-electron chi connectivity index (χ1n) is 5.47. The van der Waals surface area contributed by atoms with E-state index in [-0.39, 0.29) is 18.6 Å². The van der Waals surface area contributed by atoms with E-state index in [2.05, 4.69) is 5.32 Å². The second kappa shape index (κ2) is 3.93. The highest BCUT2D eigenvalue weighted by molar-refractivity contribution is 5.85. The number of hydrogen-bond donors (Lipinski definition) is 3. The van der Waals surface area contributed by atoms with E-state index in [1.54, 1.807) is 0 Å². The minimum atomic E-state index is -0.924. The number of amides is 2. The summed E-state index contributed by atoms with van der Waals surface area (Å²) in [5.41, 5.74) is -0.445. The molecule has 0 aromatic carbocycles. The SMILES string of the molecule is O=C(O)N1CCC2(CC1)CC(CO)NC2=O. The molecule has 16 heavy (non-hydrogen) atoms. The summed E-state index contributed by atoms with van der Waals surface area (Å²) >= 11 is 0. The molecule has 0 aliphatic carbocycles. The van der Waals surface area contributed by atoms with E-state index in [0.29, 0.717) is 32.4 Å². The van der Waals surface area contributed by atoms with Gasteiger partial charge >= 0.3 is 6.09 Å². The fourth-order valence-electron chi connectivity index (χ4n) is 2.62. The standard InChI is InChI=1S/C10H16N2O4/c13-6-7-5-10(8(14)11-7)1-3-12(4-2-10)9(15)16/h7,13H,1-6H2,(H,11,14)(H,15,16). The van der Waals surface area contributed by atoms with Crippen LogP contribution < -0.4 is 5.32 Å². The Hall–Kier alpha value is -1.30. The van der Waals surface area contributed by atoms with Crippen LogP contribution in [0.2, 0.25) is 0 Å². The van der Waals surface area contributed by atoms with Crippen LogP contribution in [-0.4, -0.2) is 52.9 Å². The van der Waals surface area contributed by atoms with Gasteiger partial charge in [-0.2, -0.15) is 0 Å². The number of likely N-dealkylation sites (tertiary alicyclic amines) is 1. The van der Waals surface area contributed by atoms with E-state index in [9.17, 15) is 9.59 Å². The maximum atomic E-state index is 11.8. The van der Waals surface area contributed by atoms with Gasteiger partial charge in [-0.1, -0.05) is 0 Å². The predicted molar refractivity (Wildman–Crippen MR) is 54.9 cm³/mol. The molecule has 6 nitrogen and oxygen atoms in total. The third-order valence-electron chi connectivity index (χ3n) is 3.67. The topological polar surface area (TPSA) is 89.9 Å². The van der Waals surface area contributed by atoms with Crippen molar-refractivity contribution < 1.29 is 19.8 Å². The van der Waals surface area contributed by atoms with E-state index in [4.69, 9.17) is 10.2 Å². The summed E-state index contributed by atoms with van der Waals surface area (Å²) in [5.74, 6) is -0.0309. The molecule has 1 atom stereocenters. The van der Waals surface area contributed by atoms with Crippen LogP contribution in [0.1, 0.15) is 19.3 Å². The van der Waals surface area contributed by atoms with Crippen LogP contribution in [0, 0.1) is 5.41 Å². The molecule has 3 N–H and O–H groups in total. The smallest absolute Gasteiger partial charge is 0.407 e. The minimum Gasteiger partial charge on any atom is -0.465 e. The Labute approximate surface area is 93.2 Å². The third-order valence-corrected chi connectivity index (χ3v) is 3.67. The van der Waals surface area contributed by atoms with Gasteiger partial charge in [-0.25, -0.2) is 4.79 Å². The molecular weight excluding hydrogens is 212 g/mol. The molecule has 90 valence electrons. The maximum Gasteiger partial charge on any atom is 0.407 e. The van der Waals surface area contributed by atoms with Crippen LogP contribution >= 0.6 is 0 Å². The van der Waals surface area contributed by atoms with Crippen LogP contribution in [0.5, 0.6) is 0 Å². The van der Waals surface area contributed by atoms with Crippen LogP contribution in [0.3, 0.4) is 0 Å². The molecule has 2 aliphatic rings. The van der Waals surface area contributed by atoms with Gasteiger partial charge in [0.05, 0.1) is 18.1 Å². The van der Waals surface area contributed by atoms with Gasteiger partial charge in [0.15, 0.2) is 0 Å². The van der Waals surface area contributed by atoms with E-state index in [1.165, 1.54) is 4.90 Å². The van der Waals surface area contributed by atoms with Gasteiger partial charge in [-0.3, -0.25) is 4.79 Å². The molecule has 2 rings (SSSR count). The molecule has 0 aromatic heterocycles. The predicted octanol–water partition coefficient (Wildman–Crippen LogP) is -0.373. The van der Waals surface area contributed by atoms with Crippen LogP contribution in [0.15, 0.2) is 0 Å². The second-order valence-electron chi connectivity index (χ2n) is 4.61. The van der Waals surface area contributed by atoms with E-state index < -0.39 is 11.5 Å². The van der Waals surface area contributed by atoms with Crippen LogP contribution in [-0.2, 0) is 4.79 Å². The van der Waals surface area contributed by atoms with Crippen molar-refractivity contribution in [3.8, 4) is 0 Å². The molecule has 0 aromatic rings. The largest absolute Gasteiger partial charge is 0.465 e. The van der Waals surface area contributed by atoms with Gasteiger partial charge in [0.25, 0.3) is 0 Å². The monoisotopic (exact) mass is 228 g/mol. The first kappa shape index (κ1) is 11.2. The first-order chi connectivity index (χ1) is 7.57. The maximum absolute atomic E-state index is 11.8. The molecule has 2 aliphatic heterocycles. The van der Waals surface area contributed by atoms with Gasteiger partial charge in [-0.05, 0) is 19.3 Å². The normalized spacial score (nSPS) is 28.2. The van der Waals surface area contributed by atoms with Gasteiger partial charge in [-0.15, -0.1) is 0 Å². The summed E-state index contributed by atoms with van der Waals surface area (Å²) in [5, 5.41) is 20.6. The van der Waals surface area contributed by atoms with E-state index in [0.717, 1.165) is 0 Å². The van der Waals surface area contributed by atoms with Crippen molar-refractivity contribution >= 4 is 12.0 Å². The van der Waals surface area contributed by atoms with Crippen molar-refractivity contribution in [3.05, 3.63) is 0 Å². The summed E-state index contributed by atoms with van der Waals surface area (Å²) in [6.45, 7) is 0.762. The molecule has 0 saturated carbocycles. The summed E-state index contributed by atoms with van der Waals surface area (Å²) < 4.78 is 0. The average Bonchev–Trinajstić information content (AvgIpc) is 2.57. The Bertz CT molecular complexity index is 310. The van der Waals surface area contributed by atoms with Gasteiger partial charge in [0.2, 0.25) is 5.91 Å². The second-order valence-corrected chi connectivity index (χ2v) is 4.61. The number of carbonyl (C=O) groups excluding carboxylic acids is 1. The Morgan fingerprint density at radius 2 is 2.12 bits per heavy atom. The number of nitrogens with zero attached hydrogens (tertiary/aromatic N) is 1. The van der Waals surface area contributed by atoms with Crippen molar-refractivity contribution in [2.45, 2.75) is 25.3 Å². The zero-order valence-corrected chi connectivity index (χ0v) is 8.98. The van der Waals surface area contributed by atoms with Crippen molar-refractivity contribution in [2.75, 3.05) is 19.7 Å². The lowest BCUT2D eigenvalue weighted by atomic mass is 9.76. The molecule has 6 heteroatoms. The lowest BCUT2D eigenvalue weighted by Crippen LogP contribution is -2.45. The number of piperidine rings is 1. The summed E-state index contributed by atoms with van der Waals surface area (Å²) in [6.07, 6.45) is 0.811. The van der Waals surface area contributed by atoms with Gasteiger partial charge in [0.1, 0.15) is 0 Å². The Kier molecular flexibility index (Phi) is 2.75. The third kappa shape index (κ3) is 1.73. The van der Waals surface area contributed by atoms with Crippen LogP contribution in [0.4, 0.5) is 4.79 Å². The minimum absolute atomic E-state index is 0.0309. The molecule has 1 spiro atoms. The number of carboxylic acid groups (broad SMARTS) is 1. The number of nitrogens with one attached hydrogen (secondary N) is 1. The number of aliphatic hydroxyl groups excluding tert-OH is 1. The molecule has 1 unspecified atom stereocenters. The molecule has 0 bridgehead atoms. The lowest BCUT2D eigenvalue weighted by Gasteiger charge is -2.35. The molecule has 2 saturated heterocycles. The van der Waals surface area contributed by atoms with Crippen molar-refractivity contribution in [2.24, 2.45) is 5.41 Å². The molecule has 2 amide bonds. The highest BCUT2D eigenvalue weighted by atomic mass is 16.4. The van der Waals surface area contributed by atoms with Crippen LogP contribution in [0.25, 0.3) is 0 Å². The highest BCUT2D eigenvalue weighted by Crippen LogP contribution is 2.40. The summed E-state index contributed by atoms with van der Waals surface area (Å²) in [7, 11) is 0. The Morgan fingerprint density at radius 3 is 2.56 bits per heavy atom. The van der Waals surface area contributed by atoms with Gasteiger partial charge < -0.3 is 20.4 Å². The molecule has 0 radical (unpaired) electrons. The summed E-state index contributed by atoms with van der Waals surface area (Å²) in [6, 6.07) is -0.163. The summed E-state index contributed by atoms with van der Waals surface area (Å²) in [4.78, 5) is 23.9. The number of rotatable bonds is 1. The fourth-order valence-corrected chi connectivity index (χ4v) is 2.62. The first-order valence-corrected chi connectivity index (χ1v) is 5.47. The average molecular weight is 228 g/mol. The number of carbonyl (C=O) groups is 2. The molecule has 2 fully saturated rings. The zero-order valence-electron chi connectivity index (χ0n) is 8.98. The highest BCUT2D eigenvalue weighted by Gasteiger charge is 2.48. The Balaban J connectivity index is 2.02. The number of aliphatic hydroxyl groups is 1. The van der Waals surface area contributed by atoms with Gasteiger partial charge in [0, 0.05) is 13.1 Å². The Morgan fingerprint density at radius 1 is 1.50 bits per heavy atom. The lowest BCUT2D eigenvalue weighted by molar-refractivity contribution is -0.129. The van der Waals surface area contributed by atoms with Crippen molar-refractivity contribution in [1.82, 2.24) is 10.2 Å². The zero-order chi connectivity index (χ0) is 11.8. The quantitative estimate of drug-likeness (QED) is 0.571.